The van der Waals surface area contributed by atoms with Gasteiger partial charge in [-0.3, -0.25) is 14.4 Å². The van der Waals surface area contributed by atoms with Gasteiger partial charge in [0.15, 0.2) is 6.10 Å². The van der Waals surface area contributed by atoms with E-state index in [1.807, 2.05) is 0 Å². The minimum Gasteiger partial charge on any atom is -0.449 e. The second-order valence-corrected chi connectivity index (χ2v) is 6.96. The number of anilines is 3. The van der Waals surface area contributed by atoms with Gasteiger partial charge in [-0.1, -0.05) is 12.1 Å². The molecule has 1 fully saturated rings. The fourth-order valence-electron chi connectivity index (χ4n) is 3.15. The van der Waals surface area contributed by atoms with Crippen molar-refractivity contribution in [1.29, 1.82) is 0 Å². The van der Waals surface area contributed by atoms with Crippen molar-refractivity contribution in [2.24, 2.45) is 0 Å². The molecule has 0 bridgehead atoms. The summed E-state index contributed by atoms with van der Waals surface area (Å²) in [5.74, 6) is -1.40. The van der Waals surface area contributed by atoms with Crippen molar-refractivity contribution >= 4 is 40.8 Å². The highest BCUT2D eigenvalue weighted by atomic mass is 16.5. The van der Waals surface area contributed by atoms with Crippen molar-refractivity contribution in [1.82, 2.24) is 0 Å². The molecule has 156 valence electrons. The van der Waals surface area contributed by atoms with Crippen LogP contribution in [0.5, 0.6) is 0 Å². The van der Waals surface area contributed by atoms with E-state index in [4.69, 9.17) is 4.74 Å². The molecule has 0 spiro atoms. The predicted octanol–water partition coefficient (Wildman–Crippen LogP) is 2.96. The summed E-state index contributed by atoms with van der Waals surface area (Å²) < 4.78 is 5.34. The van der Waals surface area contributed by atoms with Crippen molar-refractivity contribution in [3.8, 4) is 0 Å². The summed E-state index contributed by atoms with van der Waals surface area (Å²) in [7, 11) is 0. The van der Waals surface area contributed by atoms with Gasteiger partial charge in [-0.05, 0) is 49.7 Å². The van der Waals surface area contributed by atoms with Crippen LogP contribution in [0.4, 0.5) is 17.1 Å². The number of nitrogens with zero attached hydrogens (tertiary/aromatic N) is 1. The van der Waals surface area contributed by atoms with Crippen molar-refractivity contribution in [2.75, 3.05) is 22.1 Å². The van der Waals surface area contributed by atoms with E-state index in [0.29, 0.717) is 30.0 Å². The number of benzene rings is 2. The number of ether oxygens (including phenoxy) is 1. The minimum absolute atomic E-state index is 0.0382. The Morgan fingerprint density at radius 1 is 1.00 bits per heavy atom. The maximum Gasteiger partial charge on any atom is 0.341 e. The molecule has 0 saturated carbocycles. The normalized spacial score (nSPS) is 14.2. The lowest BCUT2D eigenvalue weighted by atomic mass is 10.1. The minimum atomic E-state index is -1.05. The van der Waals surface area contributed by atoms with E-state index >= 15 is 0 Å². The van der Waals surface area contributed by atoms with Gasteiger partial charge in [0.25, 0.3) is 5.91 Å². The van der Waals surface area contributed by atoms with Crippen molar-refractivity contribution in [3.63, 3.8) is 0 Å². The Balaban J connectivity index is 1.64. The highest BCUT2D eigenvalue weighted by molar-refractivity contribution is 6.04. The maximum atomic E-state index is 12.7. The zero-order chi connectivity index (χ0) is 21.7. The third kappa shape index (κ3) is 5.02. The van der Waals surface area contributed by atoms with Gasteiger partial charge < -0.3 is 20.3 Å². The third-order valence-corrected chi connectivity index (χ3v) is 4.61. The van der Waals surface area contributed by atoms with Crippen LogP contribution in [0.1, 0.15) is 37.0 Å². The van der Waals surface area contributed by atoms with Crippen LogP contribution < -0.4 is 15.5 Å². The Kier molecular flexibility index (Phi) is 6.46. The molecule has 0 aromatic heterocycles. The van der Waals surface area contributed by atoms with Gasteiger partial charge in [0, 0.05) is 31.3 Å². The molecule has 3 amide bonds. The summed E-state index contributed by atoms with van der Waals surface area (Å²) in [6, 6.07) is 13.3. The molecule has 1 aliphatic heterocycles. The molecular weight excluding hydrogens is 386 g/mol. The van der Waals surface area contributed by atoms with Gasteiger partial charge in [-0.2, -0.15) is 0 Å². The molecule has 3 rings (SSSR count). The smallest absolute Gasteiger partial charge is 0.341 e. The van der Waals surface area contributed by atoms with Crippen molar-refractivity contribution in [2.45, 2.75) is 32.8 Å². The second-order valence-electron chi connectivity index (χ2n) is 6.96. The number of carbonyl (C=O) groups is 4. The van der Waals surface area contributed by atoms with Crippen LogP contribution in [0, 0.1) is 0 Å². The Bertz CT molecular complexity index is 971. The molecule has 2 aromatic carbocycles. The predicted molar refractivity (Wildman–Crippen MR) is 112 cm³/mol. The summed E-state index contributed by atoms with van der Waals surface area (Å²) in [6.07, 6.45) is 0.139. The fourth-order valence-corrected chi connectivity index (χ4v) is 3.15. The first-order valence-electron chi connectivity index (χ1n) is 9.64. The lowest BCUT2D eigenvalue weighted by Gasteiger charge is -2.20. The molecule has 8 nitrogen and oxygen atoms in total. The lowest BCUT2D eigenvalue weighted by molar-refractivity contribution is -0.123. The average Bonchev–Trinajstić information content (AvgIpc) is 3.14. The molecule has 30 heavy (non-hydrogen) atoms. The highest BCUT2D eigenvalue weighted by Crippen LogP contribution is 2.26. The molecule has 0 radical (unpaired) electrons. The largest absolute Gasteiger partial charge is 0.449 e. The van der Waals surface area contributed by atoms with E-state index in [1.54, 1.807) is 53.4 Å². The Morgan fingerprint density at radius 3 is 2.23 bits per heavy atom. The number of esters is 1. The monoisotopic (exact) mass is 409 g/mol. The molecule has 0 aliphatic carbocycles. The highest BCUT2D eigenvalue weighted by Gasteiger charge is 2.27. The van der Waals surface area contributed by atoms with Gasteiger partial charge in [-0.25, -0.2) is 4.79 Å². The zero-order valence-electron chi connectivity index (χ0n) is 16.8. The van der Waals surface area contributed by atoms with Crippen LogP contribution in [-0.2, 0) is 19.1 Å². The van der Waals surface area contributed by atoms with Crippen LogP contribution in [-0.4, -0.2) is 36.3 Å². The Morgan fingerprint density at radius 2 is 1.63 bits per heavy atom. The van der Waals surface area contributed by atoms with Crippen LogP contribution in [0.25, 0.3) is 0 Å². The number of nitrogens with one attached hydrogen (secondary N) is 2. The van der Waals surface area contributed by atoms with Crippen LogP contribution >= 0.6 is 0 Å². The molecule has 0 unspecified atom stereocenters. The first kappa shape index (κ1) is 21.0. The molecule has 1 aliphatic rings. The van der Waals surface area contributed by atoms with E-state index < -0.39 is 18.0 Å². The molecule has 2 aromatic rings. The van der Waals surface area contributed by atoms with E-state index in [1.165, 1.54) is 13.8 Å². The first-order chi connectivity index (χ1) is 14.3. The van der Waals surface area contributed by atoms with Gasteiger partial charge in [0.2, 0.25) is 11.8 Å². The SMILES string of the molecule is CC(=O)Nc1ccc(NC(=O)[C@@H](C)OC(=O)c2ccccc2N2CCCC2=O)cc1. The molecule has 1 saturated heterocycles. The first-order valence-corrected chi connectivity index (χ1v) is 9.64. The summed E-state index contributed by atoms with van der Waals surface area (Å²) in [4.78, 5) is 49.8. The van der Waals surface area contributed by atoms with E-state index in [9.17, 15) is 19.2 Å². The summed E-state index contributed by atoms with van der Waals surface area (Å²) >= 11 is 0. The van der Waals surface area contributed by atoms with Gasteiger partial charge in [0.1, 0.15) is 0 Å². The number of hydrogen-bond acceptors (Lipinski definition) is 5. The topological polar surface area (TPSA) is 105 Å². The third-order valence-electron chi connectivity index (χ3n) is 4.61. The molecular formula is C22H23N3O5. The fraction of sp³-hybridized carbons (Fsp3) is 0.273. The quantitative estimate of drug-likeness (QED) is 0.714. The van der Waals surface area contributed by atoms with Crippen molar-refractivity contribution < 1.29 is 23.9 Å². The molecule has 2 N–H and O–H groups in total. The molecule has 1 atom stereocenters. The van der Waals surface area contributed by atoms with Crippen LogP contribution in [0.2, 0.25) is 0 Å². The van der Waals surface area contributed by atoms with Gasteiger partial charge >= 0.3 is 5.97 Å². The number of carbonyl (C=O) groups excluding carboxylic acids is 4. The summed E-state index contributed by atoms with van der Waals surface area (Å²) in [6.45, 7) is 3.43. The number of rotatable bonds is 6. The second kappa shape index (κ2) is 9.21. The summed E-state index contributed by atoms with van der Waals surface area (Å²) in [5, 5.41) is 5.30. The Hall–Kier alpha value is -3.68. The zero-order valence-corrected chi connectivity index (χ0v) is 16.8. The number of para-hydroxylation sites is 1. The van der Waals surface area contributed by atoms with Gasteiger partial charge in [0.05, 0.1) is 11.3 Å². The number of hydrogen-bond donors (Lipinski definition) is 2. The van der Waals surface area contributed by atoms with Crippen LogP contribution in [0.3, 0.4) is 0 Å². The molecule has 1 heterocycles. The standard InChI is InChI=1S/C22H23N3O5/c1-14(21(28)24-17-11-9-16(10-12-17)23-15(2)26)30-22(29)18-6-3-4-7-19(18)25-13-5-8-20(25)27/h3-4,6-7,9-12,14H,5,8,13H2,1-2H3,(H,23,26)(H,24,28)/t14-/m1/s1. The average molecular weight is 409 g/mol. The van der Waals surface area contributed by atoms with Crippen LogP contribution in [0.15, 0.2) is 48.5 Å². The van der Waals surface area contributed by atoms with Crippen molar-refractivity contribution in [3.05, 3.63) is 54.1 Å². The van der Waals surface area contributed by atoms with Gasteiger partial charge in [-0.15, -0.1) is 0 Å². The lowest BCUT2D eigenvalue weighted by Crippen LogP contribution is -2.31. The van der Waals surface area contributed by atoms with E-state index in [-0.39, 0.29) is 17.4 Å². The van der Waals surface area contributed by atoms with E-state index in [0.717, 1.165) is 6.42 Å². The summed E-state index contributed by atoms with van der Waals surface area (Å²) in [5.41, 5.74) is 1.84. The maximum absolute atomic E-state index is 12.7. The van der Waals surface area contributed by atoms with E-state index in [2.05, 4.69) is 10.6 Å². The molecule has 8 heteroatoms. The number of amides is 3. The Labute approximate surface area is 174 Å².